The molecule has 1 aliphatic rings. The first kappa shape index (κ1) is 14.8. The van der Waals surface area contributed by atoms with Crippen molar-refractivity contribution in [2.24, 2.45) is 0 Å². The number of benzene rings is 1. The molecule has 1 amide bonds. The Kier molecular flexibility index (Phi) is 4.40. The Hall–Kier alpha value is -2.59. The molecule has 2 atom stereocenters. The molecule has 21 heavy (non-hydrogen) atoms. The summed E-state index contributed by atoms with van der Waals surface area (Å²) in [7, 11) is 0. The standard InChI is InChI=1S/C14H14N2O5/c15-6-9-3-1-2-4-12(9)21-8-13(18)16-7-10(17)5-11(16)14(19)20/h1-4,10-11,17H,5,7-8H2,(H,19,20)/t10-,11-/m0/s1. The molecule has 2 N–H and O–H groups in total. The van der Waals surface area contributed by atoms with Gasteiger partial charge in [0.25, 0.3) is 5.91 Å². The van der Waals surface area contributed by atoms with E-state index in [1.165, 1.54) is 0 Å². The SMILES string of the molecule is N#Cc1ccccc1OCC(=O)N1C[C@@H](O)C[C@H]1C(=O)O. The fourth-order valence-corrected chi connectivity index (χ4v) is 2.23. The van der Waals surface area contributed by atoms with Gasteiger partial charge in [0.05, 0.1) is 11.7 Å². The first-order valence-electron chi connectivity index (χ1n) is 6.35. The van der Waals surface area contributed by atoms with Crippen molar-refractivity contribution >= 4 is 11.9 Å². The lowest BCUT2D eigenvalue weighted by Crippen LogP contribution is -2.43. The largest absolute Gasteiger partial charge is 0.482 e. The normalized spacial score (nSPS) is 20.9. The van der Waals surface area contributed by atoms with Crippen LogP contribution in [0.2, 0.25) is 0 Å². The summed E-state index contributed by atoms with van der Waals surface area (Å²) in [5.41, 5.74) is 0.293. The van der Waals surface area contributed by atoms with Crippen molar-refractivity contribution in [3.8, 4) is 11.8 Å². The van der Waals surface area contributed by atoms with Crippen molar-refractivity contribution in [3.05, 3.63) is 29.8 Å². The summed E-state index contributed by atoms with van der Waals surface area (Å²) in [5, 5.41) is 27.4. The van der Waals surface area contributed by atoms with Crippen LogP contribution in [0.15, 0.2) is 24.3 Å². The van der Waals surface area contributed by atoms with Crippen LogP contribution >= 0.6 is 0 Å². The second kappa shape index (κ2) is 6.24. The van der Waals surface area contributed by atoms with Gasteiger partial charge in [0.2, 0.25) is 0 Å². The number of carboxylic acids is 1. The fourth-order valence-electron chi connectivity index (χ4n) is 2.23. The molecule has 1 aromatic carbocycles. The van der Waals surface area contributed by atoms with Gasteiger partial charge in [0, 0.05) is 13.0 Å². The fraction of sp³-hybridized carbons (Fsp3) is 0.357. The quantitative estimate of drug-likeness (QED) is 0.806. The van der Waals surface area contributed by atoms with Crippen molar-refractivity contribution in [1.82, 2.24) is 4.90 Å². The van der Waals surface area contributed by atoms with Gasteiger partial charge < -0.3 is 19.8 Å². The van der Waals surface area contributed by atoms with Crippen molar-refractivity contribution in [2.45, 2.75) is 18.6 Å². The van der Waals surface area contributed by atoms with Gasteiger partial charge in [-0.1, -0.05) is 12.1 Å². The summed E-state index contributed by atoms with van der Waals surface area (Å²) in [5.74, 6) is -1.43. The van der Waals surface area contributed by atoms with E-state index in [1.54, 1.807) is 24.3 Å². The number of rotatable bonds is 4. The van der Waals surface area contributed by atoms with Crippen LogP contribution in [-0.2, 0) is 9.59 Å². The predicted molar refractivity (Wildman–Crippen MR) is 70.4 cm³/mol. The summed E-state index contributed by atoms with van der Waals surface area (Å²) in [6.07, 6.45) is -0.836. The molecule has 1 aliphatic heterocycles. The van der Waals surface area contributed by atoms with Gasteiger partial charge in [-0.2, -0.15) is 5.26 Å². The number of ether oxygens (including phenoxy) is 1. The second-order valence-electron chi connectivity index (χ2n) is 4.69. The molecular formula is C14H14N2O5. The van der Waals surface area contributed by atoms with Gasteiger partial charge in [-0.05, 0) is 12.1 Å². The molecule has 0 spiro atoms. The Morgan fingerprint density at radius 1 is 1.43 bits per heavy atom. The van der Waals surface area contributed by atoms with E-state index < -0.39 is 24.0 Å². The van der Waals surface area contributed by atoms with Crippen LogP contribution < -0.4 is 4.74 Å². The Morgan fingerprint density at radius 2 is 2.14 bits per heavy atom. The highest BCUT2D eigenvalue weighted by Gasteiger charge is 2.38. The first-order chi connectivity index (χ1) is 10.0. The Labute approximate surface area is 121 Å². The number of aliphatic carboxylic acids is 1. The maximum atomic E-state index is 12.0. The number of para-hydroxylation sites is 1. The van der Waals surface area contributed by atoms with E-state index in [4.69, 9.17) is 15.1 Å². The minimum Gasteiger partial charge on any atom is -0.482 e. The van der Waals surface area contributed by atoms with Crippen LogP contribution in [0.1, 0.15) is 12.0 Å². The third-order valence-electron chi connectivity index (χ3n) is 3.24. The zero-order valence-electron chi connectivity index (χ0n) is 11.1. The van der Waals surface area contributed by atoms with E-state index in [9.17, 15) is 14.7 Å². The van der Waals surface area contributed by atoms with Crippen LogP contribution in [0.5, 0.6) is 5.75 Å². The molecule has 1 heterocycles. The zero-order chi connectivity index (χ0) is 15.4. The van der Waals surface area contributed by atoms with Gasteiger partial charge in [-0.25, -0.2) is 4.79 Å². The van der Waals surface area contributed by atoms with Gasteiger partial charge in [-0.15, -0.1) is 0 Å². The molecule has 0 aliphatic carbocycles. The van der Waals surface area contributed by atoms with E-state index in [2.05, 4.69) is 0 Å². The highest BCUT2D eigenvalue weighted by molar-refractivity contribution is 5.85. The molecule has 0 saturated carbocycles. The lowest BCUT2D eigenvalue weighted by atomic mass is 10.2. The summed E-state index contributed by atoms with van der Waals surface area (Å²) in [4.78, 5) is 24.2. The van der Waals surface area contributed by atoms with Crippen LogP contribution in [0.4, 0.5) is 0 Å². The number of nitriles is 1. The molecule has 0 bridgehead atoms. The highest BCUT2D eigenvalue weighted by atomic mass is 16.5. The van der Waals surface area contributed by atoms with Crippen LogP contribution in [0.25, 0.3) is 0 Å². The van der Waals surface area contributed by atoms with Crippen LogP contribution in [0.3, 0.4) is 0 Å². The number of β-amino-alcohol motifs (C(OH)–C–C–N with tert-alkyl or cyclic N) is 1. The summed E-state index contributed by atoms with van der Waals surface area (Å²) < 4.78 is 5.28. The molecule has 1 saturated heterocycles. The maximum absolute atomic E-state index is 12.0. The predicted octanol–water partition coefficient (Wildman–Crippen LogP) is -0.0165. The number of carbonyl (C=O) groups is 2. The number of aliphatic hydroxyl groups excluding tert-OH is 1. The third kappa shape index (κ3) is 3.30. The molecular weight excluding hydrogens is 276 g/mol. The monoisotopic (exact) mass is 290 g/mol. The van der Waals surface area contributed by atoms with Crippen LogP contribution in [-0.4, -0.2) is 52.3 Å². The smallest absolute Gasteiger partial charge is 0.326 e. The maximum Gasteiger partial charge on any atom is 0.326 e. The average molecular weight is 290 g/mol. The lowest BCUT2D eigenvalue weighted by molar-refractivity contribution is -0.148. The number of amides is 1. The van der Waals surface area contributed by atoms with Gasteiger partial charge >= 0.3 is 5.97 Å². The van der Waals surface area contributed by atoms with Crippen molar-refractivity contribution in [1.29, 1.82) is 5.26 Å². The second-order valence-corrected chi connectivity index (χ2v) is 4.69. The number of nitrogens with zero attached hydrogens (tertiary/aromatic N) is 2. The molecule has 2 rings (SSSR count). The van der Waals surface area contributed by atoms with Crippen molar-refractivity contribution < 1.29 is 24.5 Å². The van der Waals surface area contributed by atoms with E-state index >= 15 is 0 Å². The van der Waals surface area contributed by atoms with E-state index in [0.717, 1.165) is 4.90 Å². The molecule has 0 unspecified atom stereocenters. The molecule has 110 valence electrons. The summed E-state index contributed by atoms with van der Waals surface area (Å²) in [6.45, 7) is -0.408. The molecule has 7 heteroatoms. The van der Waals surface area contributed by atoms with Crippen molar-refractivity contribution in [2.75, 3.05) is 13.2 Å². The minimum atomic E-state index is -1.16. The third-order valence-corrected chi connectivity index (χ3v) is 3.24. The topological polar surface area (TPSA) is 111 Å². The molecule has 0 radical (unpaired) electrons. The summed E-state index contributed by atoms with van der Waals surface area (Å²) in [6, 6.07) is 7.35. The van der Waals surface area contributed by atoms with Crippen molar-refractivity contribution in [3.63, 3.8) is 0 Å². The zero-order valence-corrected chi connectivity index (χ0v) is 11.1. The number of carbonyl (C=O) groups excluding carboxylic acids is 1. The molecule has 1 aromatic rings. The van der Waals surface area contributed by atoms with E-state index in [1.807, 2.05) is 6.07 Å². The number of carboxylic acid groups (broad SMARTS) is 1. The first-order valence-corrected chi connectivity index (χ1v) is 6.35. The number of hydrogen-bond acceptors (Lipinski definition) is 5. The Bertz CT molecular complexity index is 595. The van der Waals surface area contributed by atoms with Gasteiger partial charge in [0.15, 0.2) is 6.61 Å². The average Bonchev–Trinajstić information content (AvgIpc) is 2.87. The highest BCUT2D eigenvalue weighted by Crippen LogP contribution is 2.20. The Balaban J connectivity index is 2.02. The van der Waals surface area contributed by atoms with E-state index in [-0.39, 0.29) is 25.3 Å². The number of likely N-dealkylation sites (tertiary alicyclic amines) is 1. The van der Waals surface area contributed by atoms with Gasteiger partial charge in [0.1, 0.15) is 17.9 Å². The lowest BCUT2D eigenvalue weighted by Gasteiger charge is -2.21. The molecule has 0 aromatic heterocycles. The summed E-state index contributed by atoms with van der Waals surface area (Å²) >= 11 is 0. The molecule has 1 fully saturated rings. The number of hydrogen-bond donors (Lipinski definition) is 2. The van der Waals surface area contributed by atoms with E-state index in [0.29, 0.717) is 5.56 Å². The number of aliphatic hydroxyl groups is 1. The van der Waals surface area contributed by atoms with Crippen LogP contribution in [0, 0.1) is 11.3 Å². The molecule has 7 nitrogen and oxygen atoms in total. The minimum absolute atomic E-state index is 0.00978. The van der Waals surface area contributed by atoms with Gasteiger partial charge in [-0.3, -0.25) is 4.79 Å². The Morgan fingerprint density at radius 3 is 2.81 bits per heavy atom.